The highest BCUT2D eigenvalue weighted by Crippen LogP contribution is 2.10. The Kier molecular flexibility index (Phi) is 5.86. The van der Waals surface area contributed by atoms with E-state index in [2.05, 4.69) is 10.0 Å². The molecule has 1 atom stereocenters. The van der Waals surface area contributed by atoms with Crippen molar-refractivity contribution >= 4 is 21.9 Å². The summed E-state index contributed by atoms with van der Waals surface area (Å²) in [5.74, 6) is -1.67. The van der Waals surface area contributed by atoms with Gasteiger partial charge in [0.15, 0.2) is 0 Å². The van der Waals surface area contributed by atoms with E-state index in [9.17, 15) is 18.0 Å². The second-order valence-electron chi connectivity index (χ2n) is 4.30. The first-order valence-electron chi connectivity index (χ1n) is 6.45. The van der Waals surface area contributed by atoms with Gasteiger partial charge >= 0.3 is 5.97 Å². The summed E-state index contributed by atoms with van der Waals surface area (Å²) in [6.45, 7) is 3.57. The molecule has 0 unspecified atom stereocenters. The fourth-order valence-electron chi connectivity index (χ4n) is 1.64. The molecule has 3 N–H and O–H groups in total. The smallest absolute Gasteiger partial charge is 0.326 e. The summed E-state index contributed by atoms with van der Waals surface area (Å²) in [7, 11) is -3.57. The highest BCUT2D eigenvalue weighted by molar-refractivity contribution is 7.89. The van der Waals surface area contributed by atoms with Crippen LogP contribution < -0.4 is 10.0 Å². The molecule has 116 valence electrons. The van der Waals surface area contributed by atoms with E-state index in [0.29, 0.717) is 0 Å². The molecule has 0 bridgehead atoms. The average Bonchev–Trinajstić information content (AvgIpc) is 2.44. The van der Waals surface area contributed by atoms with Gasteiger partial charge in [-0.05, 0) is 30.7 Å². The lowest BCUT2D eigenvalue weighted by Crippen LogP contribution is -2.40. The van der Waals surface area contributed by atoms with Crippen molar-refractivity contribution in [2.24, 2.45) is 0 Å². The van der Waals surface area contributed by atoms with Gasteiger partial charge in [0.2, 0.25) is 10.0 Å². The van der Waals surface area contributed by atoms with Crippen LogP contribution in [0.5, 0.6) is 0 Å². The maximum absolute atomic E-state index is 11.9. The number of sulfonamides is 1. The van der Waals surface area contributed by atoms with E-state index in [-0.39, 0.29) is 23.4 Å². The lowest BCUT2D eigenvalue weighted by molar-refractivity contribution is -0.139. The maximum Gasteiger partial charge on any atom is 0.326 e. The molecule has 0 aliphatic rings. The Balaban J connectivity index is 2.88. The zero-order valence-corrected chi connectivity index (χ0v) is 12.6. The molecule has 1 rings (SSSR count). The predicted octanol–water partition coefficient (Wildman–Crippen LogP) is 0.578. The van der Waals surface area contributed by atoms with E-state index in [1.54, 1.807) is 13.8 Å². The van der Waals surface area contributed by atoms with Crippen molar-refractivity contribution in [3.8, 4) is 0 Å². The van der Waals surface area contributed by atoms with Crippen LogP contribution in [-0.2, 0) is 14.8 Å². The largest absolute Gasteiger partial charge is 0.480 e. The quantitative estimate of drug-likeness (QED) is 0.681. The number of carboxylic acid groups (broad SMARTS) is 1. The molecule has 1 aromatic rings. The molecule has 0 radical (unpaired) electrons. The molecule has 0 fully saturated rings. The minimum atomic E-state index is -3.57. The van der Waals surface area contributed by atoms with Crippen LogP contribution in [0.3, 0.4) is 0 Å². The molecule has 8 heteroatoms. The summed E-state index contributed by atoms with van der Waals surface area (Å²) in [5.41, 5.74) is 0.199. The van der Waals surface area contributed by atoms with E-state index >= 15 is 0 Å². The highest BCUT2D eigenvalue weighted by atomic mass is 32.2. The van der Waals surface area contributed by atoms with Crippen LogP contribution in [0.4, 0.5) is 0 Å². The second kappa shape index (κ2) is 7.19. The van der Waals surface area contributed by atoms with Crippen molar-refractivity contribution in [1.29, 1.82) is 0 Å². The van der Waals surface area contributed by atoms with Crippen LogP contribution in [0.15, 0.2) is 29.2 Å². The van der Waals surface area contributed by atoms with Crippen LogP contribution in [0, 0.1) is 0 Å². The molecule has 0 aliphatic heterocycles. The van der Waals surface area contributed by atoms with Crippen LogP contribution in [0.2, 0.25) is 0 Å². The monoisotopic (exact) mass is 314 g/mol. The van der Waals surface area contributed by atoms with Crippen LogP contribution in [0.25, 0.3) is 0 Å². The summed E-state index contributed by atoms with van der Waals surface area (Å²) >= 11 is 0. The van der Waals surface area contributed by atoms with Crippen LogP contribution in [-0.4, -0.2) is 38.0 Å². The van der Waals surface area contributed by atoms with Gasteiger partial charge < -0.3 is 10.4 Å². The third-order valence-corrected chi connectivity index (χ3v) is 4.33. The number of aliphatic carboxylic acids is 1. The first kappa shape index (κ1) is 17.1. The number of rotatable bonds is 7. The van der Waals surface area contributed by atoms with Crippen molar-refractivity contribution < 1.29 is 23.1 Å². The van der Waals surface area contributed by atoms with Gasteiger partial charge in [-0.3, -0.25) is 4.79 Å². The molecule has 1 amide bonds. The summed E-state index contributed by atoms with van der Waals surface area (Å²) in [4.78, 5) is 22.8. The van der Waals surface area contributed by atoms with Gasteiger partial charge in [0.1, 0.15) is 6.04 Å². The lowest BCUT2D eigenvalue weighted by Gasteiger charge is -2.12. The van der Waals surface area contributed by atoms with Gasteiger partial charge in [-0.1, -0.05) is 13.8 Å². The number of nitrogens with one attached hydrogen (secondary N) is 2. The molecule has 0 spiro atoms. The summed E-state index contributed by atoms with van der Waals surface area (Å²) in [6, 6.07) is 4.31. The van der Waals surface area contributed by atoms with Crippen molar-refractivity contribution in [2.75, 3.05) is 6.54 Å². The molecular formula is C13H18N2O5S. The molecule has 1 aromatic carbocycles. The summed E-state index contributed by atoms with van der Waals surface area (Å²) in [5, 5.41) is 11.2. The Labute approximate surface area is 123 Å². The number of amides is 1. The van der Waals surface area contributed by atoms with Crippen molar-refractivity contribution in [3.63, 3.8) is 0 Å². The number of hydrogen-bond acceptors (Lipinski definition) is 4. The Bertz CT molecular complexity index is 610. The molecule has 7 nitrogen and oxygen atoms in total. The molecule has 0 saturated carbocycles. The number of hydrogen-bond donors (Lipinski definition) is 3. The Morgan fingerprint density at radius 2 is 1.76 bits per heavy atom. The predicted molar refractivity (Wildman–Crippen MR) is 76.5 cm³/mol. The van der Waals surface area contributed by atoms with Gasteiger partial charge in [0.05, 0.1) is 4.90 Å². The van der Waals surface area contributed by atoms with Gasteiger partial charge in [-0.2, -0.15) is 0 Å². The van der Waals surface area contributed by atoms with Gasteiger partial charge in [-0.25, -0.2) is 17.9 Å². The Morgan fingerprint density at radius 1 is 1.19 bits per heavy atom. The van der Waals surface area contributed by atoms with Gasteiger partial charge in [0, 0.05) is 12.1 Å². The fraction of sp³-hybridized carbons (Fsp3) is 0.385. The average molecular weight is 314 g/mol. The summed E-state index contributed by atoms with van der Waals surface area (Å²) in [6.07, 6.45) is 0.258. The van der Waals surface area contributed by atoms with Gasteiger partial charge in [0.25, 0.3) is 5.91 Å². The number of benzene rings is 1. The standard InChI is InChI=1S/C13H18N2O5S/c1-3-11(13(17)18)15-12(16)9-5-7-10(8-6-9)21(19,20)14-4-2/h5-8,11,14H,3-4H2,1-2H3,(H,15,16)(H,17,18)/t11-/m0/s1. The third kappa shape index (κ3) is 4.54. The number of carbonyl (C=O) groups is 2. The second-order valence-corrected chi connectivity index (χ2v) is 6.07. The number of carbonyl (C=O) groups excluding carboxylic acids is 1. The van der Waals surface area contributed by atoms with Crippen LogP contribution in [0.1, 0.15) is 30.6 Å². The van der Waals surface area contributed by atoms with Crippen molar-refractivity contribution in [3.05, 3.63) is 29.8 Å². The molecule has 21 heavy (non-hydrogen) atoms. The zero-order valence-electron chi connectivity index (χ0n) is 11.8. The fourth-order valence-corrected chi connectivity index (χ4v) is 2.68. The molecule has 0 aromatic heterocycles. The molecular weight excluding hydrogens is 296 g/mol. The lowest BCUT2D eigenvalue weighted by atomic mass is 10.1. The Hall–Kier alpha value is -1.93. The first-order valence-corrected chi connectivity index (χ1v) is 7.93. The molecule has 0 heterocycles. The van der Waals surface area contributed by atoms with E-state index in [4.69, 9.17) is 5.11 Å². The SMILES string of the molecule is CCNS(=O)(=O)c1ccc(C(=O)N[C@@H](CC)C(=O)O)cc1. The Morgan fingerprint density at radius 3 is 2.19 bits per heavy atom. The number of carboxylic acids is 1. The summed E-state index contributed by atoms with van der Waals surface area (Å²) < 4.78 is 25.8. The van der Waals surface area contributed by atoms with Crippen molar-refractivity contribution in [1.82, 2.24) is 10.0 Å². The minimum absolute atomic E-state index is 0.0474. The van der Waals surface area contributed by atoms with Crippen LogP contribution >= 0.6 is 0 Å². The normalized spacial score (nSPS) is 12.7. The van der Waals surface area contributed by atoms with E-state index in [1.165, 1.54) is 24.3 Å². The van der Waals surface area contributed by atoms with Crippen molar-refractivity contribution in [2.45, 2.75) is 31.2 Å². The van der Waals surface area contributed by atoms with Gasteiger partial charge in [-0.15, -0.1) is 0 Å². The first-order chi connectivity index (χ1) is 9.81. The molecule has 0 saturated heterocycles. The maximum atomic E-state index is 11.9. The molecule has 0 aliphatic carbocycles. The van der Waals surface area contributed by atoms with E-state index < -0.39 is 27.9 Å². The highest BCUT2D eigenvalue weighted by Gasteiger charge is 2.19. The van der Waals surface area contributed by atoms with E-state index in [1.807, 2.05) is 0 Å². The van der Waals surface area contributed by atoms with E-state index in [0.717, 1.165) is 0 Å². The zero-order chi connectivity index (χ0) is 16.0. The third-order valence-electron chi connectivity index (χ3n) is 2.77. The topological polar surface area (TPSA) is 113 Å². The minimum Gasteiger partial charge on any atom is -0.480 e.